The van der Waals surface area contributed by atoms with E-state index in [-0.39, 0.29) is 24.1 Å². The maximum atomic E-state index is 12.3. The minimum Gasteiger partial charge on any atom is -0.454 e. The standard InChI is InChI=1S/C14H11N3O5S2/c18-24(19,9-3-4-10-11(6-9)21-8-20-10)15-7-13-16-14(17-22-13)12-2-1-5-23-12/h1-6,15H,7-8H2. The topological polar surface area (TPSA) is 104 Å². The van der Waals surface area contributed by atoms with Crippen LogP contribution in [0.1, 0.15) is 5.89 Å². The number of aromatic nitrogens is 2. The van der Waals surface area contributed by atoms with Gasteiger partial charge in [0.05, 0.1) is 16.3 Å². The van der Waals surface area contributed by atoms with Crippen LogP contribution in [0.25, 0.3) is 10.7 Å². The first kappa shape index (κ1) is 15.1. The SMILES string of the molecule is O=S(=O)(NCc1nc(-c2cccs2)no1)c1ccc2c(c1)OCO2. The second-order valence-corrected chi connectivity index (χ2v) is 7.54. The van der Waals surface area contributed by atoms with E-state index in [0.717, 1.165) is 4.88 Å². The number of fused-ring (bicyclic) bond motifs is 1. The molecule has 0 unspecified atom stereocenters. The Morgan fingerprint density at radius 3 is 2.92 bits per heavy atom. The highest BCUT2D eigenvalue weighted by Crippen LogP contribution is 2.33. The van der Waals surface area contributed by atoms with Gasteiger partial charge in [0, 0.05) is 6.07 Å². The van der Waals surface area contributed by atoms with E-state index in [9.17, 15) is 8.42 Å². The molecule has 0 radical (unpaired) electrons. The zero-order valence-corrected chi connectivity index (χ0v) is 13.8. The fourth-order valence-electron chi connectivity index (χ4n) is 2.12. The summed E-state index contributed by atoms with van der Waals surface area (Å²) in [7, 11) is -3.74. The van der Waals surface area contributed by atoms with Crippen molar-refractivity contribution in [2.45, 2.75) is 11.4 Å². The fourth-order valence-corrected chi connectivity index (χ4v) is 3.76. The molecule has 3 heterocycles. The lowest BCUT2D eigenvalue weighted by Gasteiger charge is -2.05. The zero-order valence-electron chi connectivity index (χ0n) is 12.1. The normalized spacial score (nSPS) is 13.3. The van der Waals surface area contributed by atoms with Gasteiger partial charge in [0.15, 0.2) is 11.5 Å². The maximum Gasteiger partial charge on any atom is 0.242 e. The van der Waals surface area contributed by atoms with Crippen LogP contribution >= 0.6 is 11.3 Å². The van der Waals surface area contributed by atoms with Crippen LogP contribution in [0.4, 0.5) is 0 Å². The Morgan fingerprint density at radius 2 is 2.08 bits per heavy atom. The summed E-state index contributed by atoms with van der Waals surface area (Å²) in [6.07, 6.45) is 0. The second kappa shape index (κ2) is 5.89. The summed E-state index contributed by atoms with van der Waals surface area (Å²) in [5.74, 6) is 1.53. The van der Waals surface area contributed by atoms with Gasteiger partial charge in [0.2, 0.25) is 28.5 Å². The lowest BCUT2D eigenvalue weighted by molar-refractivity contribution is 0.174. The number of sulfonamides is 1. The van der Waals surface area contributed by atoms with Crippen molar-refractivity contribution in [1.29, 1.82) is 0 Å². The van der Waals surface area contributed by atoms with Crippen molar-refractivity contribution in [3.8, 4) is 22.2 Å². The molecule has 10 heteroatoms. The highest BCUT2D eigenvalue weighted by molar-refractivity contribution is 7.89. The number of nitrogens with zero attached hydrogens (tertiary/aromatic N) is 2. The van der Waals surface area contributed by atoms with Crippen molar-refractivity contribution in [3.05, 3.63) is 41.6 Å². The van der Waals surface area contributed by atoms with E-state index in [4.69, 9.17) is 14.0 Å². The molecule has 1 N–H and O–H groups in total. The molecule has 8 nitrogen and oxygen atoms in total. The van der Waals surface area contributed by atoms with Crippen LogP contribution in [0.5, 0.6) is 11.5 Å². The predicted molar refractivity (Wildman–Crippen MR) is 84.2 cm³/mol. The molecule has 0 amide bonds. The van der Waals surface area contributed by atoms with E-state index >= 15 is 0 Å². The number of rotatable bonds is 5. The van der Waals surface area contributed by atoms with Crippen LogP contribution in [0.2, 0.25) is 0 Å². The van der Waals surface area contributed by atoms with E-state index in [1.165, 1.54) is 23.5 Å². The van der Waals surface area contributed by atoms with Gasteiger partial charge in [0.1, 0.15) is 0 Å². The molecular formula is C14H11N3O5S2. The molecule has 1 aliphatic rings. The van der Waals surface area contributed by atoms with Gasteiger partial charge < -0.3 is 14.0 Å². The summed E-state index contributed by atoms with van der Waals surface area (Å²) in [6.45, 7) is -0.0190. The van der Waals surface area contributed by atoms with Crippen LogP contribution < -0.4 is 14.2 Å². The van der Waals surface area contributed by atoms with Crippen LogP contribution in [-0.4, -0.2) is 25.4 Å². The highest BCUT2D eigenvalue weighted by Gasteiger charge is 2.21. The van der Waals surface area contributed by atoms with E-state index in [1.54, 1.807) is 6.07 Å². The summed E-state index contributed by atoms with van der Waals surface area (Å²) in [6, 6.07) is 8.14. The minimum absolute atomic E-state index is 0.0738. The quantitative estimate of drug-likeness (QED) is 0.737. The summed E-state index contributed by atoms with van der Waals surface area (Å²) < 4.78 is 42.5. The molecule has 3 aromatic rings. The monoisotopic (exact) mass is 365 g/mol. The Bertz CT molecular complexity index is 966. The lowest BCUT2D eigenvalue weighted by atomic mass is 10.3. The summed E-state index contributed by atoms with van der Waals surface area (Å²) in [5, 5.41) is 5.73. The Hall–Kier alpha value is -2.43. The van der Waals surface area contributed by atoms with Gasteiger partial charge >= 0.3 is 0 Å². The van der Waals surface area contributed by atoms with E-state index in [0.29, 0.717) is 17.3 Å². The number of hydrogen-bond acceptors (Lipinski definition) is 8. The van der Waals surface area contributed by atoms with Crippen molar-refractivity contribution in [2.24, 2.45) is 0 Å². The number of thiophene rings is 1. The Labute approximate surface area is 141 Å². The Morgan fingerprint density at radius 1 is 1.21 bits per heavy atom. The molecule has 0 fully saturated rings. The maximum absolute atomic E-state index is 12.3. The molecule has 24 heavy (non-hydrogen) atoms. The molecule has 124 valence electrons. The van der Waals surface area contributed by atoms with Crippen molar-refractivity contribution in [2.75, 3.05) is 6.79 Å². The van der Waals surface area contributed by atoms with Gasteiger partial charge in [-0.2, -0.15) is 4.98 Å². The summed E-state index contributed by atoms with van der Waals surface area (Å²) in [5.41, 5.74) is 0. The molecule has 0 saturated heterocycles. The van der Waals surface area contributed by atoms with Crippen LogP contribution in [0, 0.1) is 0 Å². The van der Waals surface area contributed by atoms with Gasteiger partial charge in [-0.1, -0.05) is 11.2 Å². The third-order valence-corrected chi connectivity index (χ3v) is 5.54. The average Bonchev–Trinajstić information content (AvgIpc) is 3.32. The van der Waals surface area contributed by atoms with Gasteiger partial charge in [-0.15, -0.1) is 11.3 Å². The first-order chi connectivity index (χ1) is 11.6. The number of ether oxygens (including phenoxy) is 2. The molecule has 2 aromatic heterocycles. The first-order valence-electron chi connectivity index (χ1n) is 6.88. The van der Waals surface area contributed by atoms with Crippen LogP contribution in [0.3, 0.4) is 0 Å². The van der Waals surface area contributed by atoms with Crippen LogP contribution in [-0.2, 0) is 16.6 Å². The molecule has 0 bridgehead atoms. The Balaban J connectivity index is 1.49. The summed E-state index contributed by atoms with van der Waals surface area (Å²) >= 11 is 1.47. The largest absolute Gasteiger partial charge is 0.454 e. The number of hydrogen-bond donors (Lipinski definition) is 1. The smallest absolute Gasteiger partial charge is 0.242 e. The van der Waals surface area contributed by atoms with Gasteiger partial charge in [0.25, 0.3) is 0 Å². The highest BCUT2D eigenvalue weighted by atomic mass is 32.2. The molecule has 4 rings (SSSR count). The third-order valence-electron chi connectivity index (χ3n) is 3.28. The number of benzene rings is 1. The van der Waals surface area contributed by atoms with E-state index < -0.39 is 10.0 Å². The van der Waals surface area contributed by atoms with Crippen molar-refractivity contribution >= 4 is 21.4 Å². The fraction of sp³-hybridized carbons (Fsp3) is 0.143. The van der Waals surface area contributed by atoms with E-state index in [2.05, 4.69) is 14.9 Å². The first-order valence-corrected chi connectivity index (χ1v) is 9.24. The van der Waals surface area contributed by atoms with Crippen molar-refractivity contribution in [3.63, 3.8) is 0 Å². The van der Waals surface area contributed by atoms with Gasteiger partial charge in [-0.05, 0) is 23.6 Å². The molecule has 0 saturated carbocycles. The van der Waals surface area contributed by atoms with E-state index in [1.807, 2.05) is 17.5 Å². The molecule has 1 aromatic carbocycles. The number of nitrogens with one attached hydrogen (secondary N) is 1. The second-order valence-electron chi connectivity index (χ2n) is 4.83. The predicted octanol–water partition coefficient (Wildman–Crippen LogP) is 2.01. The van der Waals surface area contributed by atoms with Gasteiger partial charge in [-0.25, -0.2) is 13.1 Å². The molecule has 0 spiro atoms. The Kier molecular flexibility index (Phi) is 3.71. The van der Waals surface area contributed by atoms with Crippen molar-refractivity contribution in [1.82, 2.24) is 14.9 Å². The molecular weight excluding hydrogens is 354 g/mol. The van der Waals surface area contributed by atoms with Crippen molar-refractivity contribution < 1.29 is 22.4 Å². The van der Waals surface area contributed by atoms with Gasteiger partial charge in [-0.3, -0.25) is 0 Å². The summed E-state index contributed by atoms with van der Waals surface area (Å²) in [4.78, 5) is 5.09. The molecule has 0 atom stereocenters. The lowest BCUT2D eigenvalue weighted by Crippen LogP contribution is -2.23. The zero-order chi connectivity index (χ0) is 16.6. The molecule has 1 aliphatic heterocycles. The average molecular weight is 365 g/mol. The molecule has 0 aliphatic carbocycles. The van der Waals surface area contributed by atoms with Crippen LogP contribution in [0.15, 0.2) is 45.1 Å². The third kappa shape index (κ3) is 2.86. The minimum atomic E-state index is -3.74.